The second-order valence-electron chi connectivity index (χ2n) is 4.39. The molecule has 2 aromatic carbocycles. The van der Waals surface area contributed by atoms with Crippen LogP contribution in [0.25, 0.3) is 0 Å². The summed E-state index contributed by atoms with van der Waals surface area (Å²) in [5.41, 5.74) is -0.253. The van der Waals surface area contributed by atoms with Crippen LogP contribution in [0.3, 0.4) is 0 Å². The van der Waals surface area contributed by atoms with Crippen LogP contribution in [0.1, 0.15) is 5.56 Å². The zero-order chi connectivity index (χ0) is 16.5. The van der Waals surface area contributed by atoms with Crippen molar-refractivity contribution in [2.45, 2.75) is 11.8 Å². The number of nitrogens with zero attached hydrogens (tertiary/aromatic N) is 1. The number of rotatable bonds is 4. The Kier molecular flexibility index (Phi) is 4.09. The summed E-state index contributed by atoms with van der Waals surface area (Å²) in [6.07, 6.45) is 0. The minimum atomic E-state index is -4.34. The summed E-state index contributed by atoms with van der Waals surface area (Å²) in [4.78, 5) is 9.42. The van der Waals surface area contributed by atoms with Crippen molar-refractivity contribution in [3.05, 3.63) is 63.7 Å². The first-order chi connectivity index (χ1) is 10.2. The Morgan fingerprint density at radius 1 is 1.18 bits per heavy atom. The van der Waals surface area contributed by atoms with Gasteiger partial charge in [-0.05, 0) is 25.1 Å². The highest BCUT2D eigenvalue weighted by molar-refractivity contribution is 7.92. The molecule has 6 nitrogen and oxygen atoms in total. The summed E-state index contributed by atoms with van der Waals surface area (Å²) in [5.74, 6) is -2.17. The molecule has 116 valence electrons. The van der Waals surface area contributed by atoms with Crippen LogP contribution in [-0.2, 0) is 10.0 Å². The van der Waals surface area contributed by atoms with Gasteiger partial charge in [-0.2, -0.15) is 0 Å². The fourth-order valence-electron chi connectivity index (χ4n) is 1.82. The van der Waals surface area contributed by atoms with Crippen LogP contribution in [0.5, 0.6) is 0 Å². The Morgan fingerprint density at radius 2 is 1.86 bits per heavy atom. The number of sulfonamides is 1. The van der Waals surface area contributed by atoms with Crippen molar-refractivity contribution in [1.29, 1.82) is 0 Å². The maximum absolute atomic E-state index is 13.6. The van der Waals surface area contributed by atoms with Gasteiger partial charge in [0.25, 0.3) is 15.7 Å². The van der Waals surface area contributed by atoms with Gasteiger partial charge >= 0.3 is 0 Å². The summed E-state index contributed by atoms with van der Waals surface area (Å²) < 4.78 is 52.7. The number of anilines is 1. The molecule has 9 heteroatoms. The Morgan fingerprint density at radius 3 is 2.45 bits per heavy atom. The highest BCUT2D eigenvalue weighted by atomic mass is 32.2. The van der Waals surface area contributed by atoms with Crippen LogP contribution in [0.4, 0.5) is 20.2 Å². The second kappa shape index (κ2) is 5.68. The van der Waals surface area contributed by atoms with Crippen LogP contribution >= 0.6 is 0 Å². The lowest BCUT2D eigenvalue weighted by Crippen LogP contribution is -2.15. The molecule has 22 heavy (non-hydrogen) atoms. The van der Waals surface area contributed by atoms with E-state index in [9.17, 15) is 27.3 Å². The molecule has 0 radical (unpaired) electrons. The molecule has 0 spiro atoms. The molecule has 0 atom stereocenters. The van der Waals surface area contributed by atoms with E-state index in [0.29, 0.717) is 6.07 Å². The first-order valence-corrected chi connectivity index (χ1v) is 7.42. The first-order valence-electron chi connectivity index (χ1n) is 5.94. The van der Waals surface area contributed by atoms with Gasteiger partial charge in [-0.1, -0.05) is 6.07 Å². The van der Waals surface area contributed by atoms with Gasteiger partial charge < -0.3 is 0 Å². The zero-order valence-electron chi connectivity index (χ0n) is 11.2. The molecule has 0 heterocycles. The fourth-order valence-corrected chi connectivity index (χ4v) is 3.01. The molecule has 0 fully saturated rings. The van der Waals surface area contributed by atoms with Crippen molar-refractivity contribution in [3.63, 3.8) is 0 Å². The average Bonchev–Trinajstić information content (AvgIpc) is 2.40. The second-order valence-corrected chi connectivity index (χ2v) is 6.04. The smallest absolute Gasteiger partial charge is 0.274 e. The molecular weight excluding hydrogens is 318 g/mol. The standard InChI is InChI=1S/C13H10F2N2O4S/c1-8-11(3-2-4-12(8)17(18)19)16-22(20,21)13-6-5-9(14)7-10(13)15/h2-7,16H,1H3. The Labute approximate surface area is 124 Å². The van der Waals surface area contributed by atoms with Gasteiger partial charge in [-0.25, -0.2) is 17.2 Å². The number of benzene rings is 2. The van der Waals surface area contributed by atoms with E-state index in [1.54, 1.807) is 0 Å². The maximum Gasteiger partial charge on any atom is 0.274 e. The van der Waals surface area contributed by atoms with Crippen LogP contribution < -0.4 is 4.72 Å². The Bertz CT molecular complexity index is 853. The van der Waals surface area contributed by atoms with Crippen LogP contribution in [0.2, 0.25) is 0 Å². The number of nitro groups is 1. The molecule has 1 N–H and O–H groups in total. The van der Waals surface area contributed by atoms with Crippen molar-refractivity contribution in [1.82, 2.24) is 0 Å². The summed E-state index contributed by atoms with van der Waals surface area (Å²) >= 11 is 0. The predicted molar refractivity (Wildman–Crippen MR) is 75.0 cm³/mol. The van der Waals surface area contributed by atoms with Gasteiger partial charge in [0.2, 0.25) is 0 Å². The van der Waals surface area contributed by atoms with Gasteiger partial charge in [0.15, 0.2) is 0 Å². The highest BCUT2D eigenvalue weighted by Crippen LogP contribution is 2.27. The summed E-state index contributed by atoms with van der Waals surface area (Å²) in [6, 6.07) is 5.84. The Balaban J connectivity index is 2.46. The largest absolute Gasteiger partial charge is 0.279 e. The molecule has 0 saturated carbocycles. The van der Waals surface area contributed by atoms with Gasteiger partial charge in [0.1, 0.15) is 16.5 Å². The minimum Gasteiger partial charge on any atom is -0.279 e. The monoisotopic (exact) mass is 328 g/mol. The molecule has 0 aliphatic carbocycles. The number of hydrogen-bond acceptors (Lipinski definition) is 4. The van der Waals surface area contributed by atoms with E-state index in [4.69, 9.17) is 0 Å². The molecule has 2 aromatic rings. The van der Waals surface area contributed by atoms with Crippen LogP contribution in [0.15, 0.2) is 41.3 Å². The SMILES string of the molecule is Cc1c(NS(=O)(=O)c2ccc(F)cc2F)cccc1[N+](=O)[O-]. The molecule has 0 saturated heterocycles. The van der Waals surface area contributed by atoms with Gasteiger partial charge in [0.05, 0.1) is 16.2 Å². The summed E-state index contributed by atoms with van der Waals surface area (Å²) in [6.45, 7) is 1.36. The Hall–Kier alpha value is -2.55. The van der Waals surface area contributed by atoms with E-state index in [0.717, 1.165) is 12.1 Å². The summed E-state index contributed by atoms with van der Waals surface area (Å²) in [7, 11) is -4.34. The highest BCUT2D eigenvalue weighted by Gasteiger charge is 2.22. The molecule has 0 unspecified atom stereocenters. The minimum absolute atomic E-state index is 0.0575. The zero-order valence-corrected chi connectivity index (χ0v) is 12.0. The lowest BCUT2D eigenvalue weighted by Gasteiger charge is -2.11. The van der Waals surface area contributed by atoms with Crippen LogP contribution in [-0.4, -0.2) is 13.3 Å². The quantitative estimate of drug-likeness (QED) is 0.690. The number of halogens is 2. The third-order valence-electron chi connectivity index (χ3n) is 2.93. The summed E-state index contributed by atoms with van der Waals surface area (Å²) in [5, 5.41) is 10.8. The van der Waals surface area contributed by atoms with E-state index < -0.39 is 31.5 Å². The van der Waals surface area contributed by atoms with Gasteiger partial charge in [-0.3, -0.25) is 14.8 Å². The van der Waals surface area contributed by atoms with Crippen LogP contribution in [0, 0.1) is 28.7 Å². The molecule has 0 aromatic heterocycles. The molecule has 0 amide bonds. The van der Waals surface area contributed by atoms with Gasteiger partial charge in [-0.15, -0.1) is 0 Å². The molecule has 0 aliphatic heterocycles. The lowest BCUT2D eigenvalue weighted by atomic mass is 10.2. The van der Waals surface area contributed by atoms with Crippen molar-refractivity contribution in [3.8, 4) is 0 Å². The number of nitro benzene ring substituents is 1. The first kappa shape index (κ1) is 15.8. The normalized spacial score (nSPS) is 11.2. The van der Waals surface area contributed by atoms with E-state index >= 15 is 0 Å². The predicted octanol–water partition coefficient (Wildman–Crippen LogP) is 2.98. The fraction of sp³-hybridized carbons (Fsp3) is 0.0769. The molecule has 0 aliphatic rings. The third kappa shape index (κ3) is 3.03. The van der Waals surface area contributed by atoms with Crippen molar-refractivity contribution in [2.24, 2.45) is 0 Å². The van der Waals surface area contributed by atoms with E-state index in [2.05, 4.69) is 4.72 Å². The lowest BCUT2D eigenvalue weighted by molar-refractivity contribution is -0.385. The molecular formula is C13H10F2N2O4S. The maximum atomic E-state index is 13.6. The van der Waals surface area contributed by atoms with Crippen molar-refractivity contribution < 1.29 is 22.1 Å². The third-order valence-corrected chi connectivity index (χ3v) is 4.33. The number of nitrogens with one attached hydrogen (secondary N) is 1. The topological polar surface area (TPSA) is 89.3 Å². The van der Waals surface area contributed by atoms with Crippen molar-refractivity contribution in [2.75, 3.05) is 4.72 Å². The molecule has 0 bridgehead atoms. The van der Waals surface area contributed by atoms with E-state index in [1.807, 2.05) is 0 Å². The average molecular weight is 328 g/mol. The molecule has 2 rings (SSSR count). The van der Waals surface area contributed by atoms with E-state index in [-0.39, 0.29) is 16.9 Å². The number of hydrogen-bond donors (Lipinski definition) is 1. The van der Waals surface area contributed by atoms with Crippen molar-refractivity contribution >= 4 is 21.4 Å². The van der Waals surface area contributed by atoms with Gasteiger partial charge in [0, 0.05) is 12.1 Å². The van der Waals surface area contributed by atoms with E-state index in [1.165, 1.54) is 25.1 Å².